The molecule has 0 saturated carbocycles. The van der Waals surface area contributed by atoms with E-state index in [9.17, 15) is 39.4 Å². The third-order valence-corrected chi connectivity index (χ3v) is 10.2. The maximum absolute atomic E-state index is 13.2. The van der Waals surface area contributed by atoms with Crippen molar-refractivity contribution in [1.29, 1.82) is 0 Å². The second-order valence-electron chi connectivity index (χ2n) is 10.6. The third kappa shape index (κ3) is 9.88. The molecule has 48 heavy (non-hydrogen) atoms. The van der Waals surface area contributed by atoms with Gasteiger partial charge in [-0.1, -0.05) is 60.8 Å². The standard InChI is InChI=1S/C30H30N6O8S4/c37-23(31-19-9-13-21(14-10-19)35(41)42)7-3-1-5-17-33-27(39)25(47-29(33)45)26-28(40)34(30(46)48-26)18-6-2-4-8-24(38)32-20-11-15-22(16-12-20)36(43)44/h9-16H,1-8,17-18H2,(H,31,37)(H,32,38)/b26-25+. The number of amides is 4. The molecular formula is C30H30N6O8S4. The molecule has 2 N–H and O–H groups in total. The molecule has 0 spiro atoms. The Morgan fingerprint density at radius 3 is 1.31 bits per heavy atom. The Kier molecular flexibility index (Phi) is 13.1. The predicted octanol–water partition coefficient (Wildman–Crippen LogP) is 6.13. The molecule has 4 rings (SSSR count). The molecule has 0 unspecified atom stereocenters. The van der Waals surface area contributed by atoms with E-state index in [-0.39, 0.29) is 57.7 Å². The molecule has 0 aliphatic carbocycles. The van der Waals surface area contributed by atoms with Crippen LogP contribution in [0.1, 0.15) is 51.4 Å². The van der Waals surface area contributed by atoms with Gasteiger partial charge in [0, 0.05) is 61.6 Å². The van der Waals surface area contributed by atoms with E-state index in [0.717, 1.165) is 23.5 Å². The zero-order valence-corrected chi connectivity index (χ0v) is 28.6. The molecule has 2 aliphatic heterocycles. The fourth-order valence-corrected chi connectivity index (χ4v) is 7.47. The lowest BCUT2D eigenvalue weighted by Gasteiger charge is -2.14. The number of nitro benzene ring substituents is 2. The fraction of sp³-hybridized carbons (Fsp3) is 0.333. The second kappa shape index (κ2) is 17.2. The summed E-state index contributed by atoms with van der Waals surface area (Å²) in [7, 11) is 0. The van der Waals surface area contributed by atoms with Gasteiger partial charge >= 0.3 is 0 Å². The number of benzene rings is 2. The lowest BCUT2D eigenvalue weighted by atomic mass is 10.1. The van der Waals surface area contributed by atoms with Gasteiger partial charge in [0.25, 0.3) is 23.2 Å². The highest BCUT2D eigenvalue weighted by atomic mass is 32.2. The number of non-ortho nitro benzene ring substituents is 2. The topological polar surface area (TPSA) is 185 Å². The molecule has 2 aromatic rings. The number of nitrogens with one attached hydrogen (secondary N) is 2. The van der Waals surface area contributed by atoms with Crippen LogP contribution in [0.15, 0.2) is 58.3 Å². The Morgan fingerprint density at radius 2 is 0.979 bits per heavy atom. The Labute approximate surface area is 294 Å². The highest BCUT2D eigenvalue weighted by Crippen LogP contribution is 2.42. The van der Waals surface area contributed by atoms with Gasteiger partial charge in [-0.25, -0.2) is 0 Å². The minimum atomic E-state index is -0.514. The normalized spacial score (nSPS) is 16.1. The maximum atomic E-state index is 13.2. The van der Waals surface area contributed by atoms with Gasteiger partial charge in [-0.15, -0.1) is 0 Å². The number of unbranched alkanes of at least 4 members (excludes halogenated alkanes) is 4. The second-order valence-corrected chi connectivity index (χ2v) is 13.9. The van der Waals surface area contributed by atoms with E-state index in [4.69, 9.17) is 24.4 Å². The average Bonchev–Trinajstić information content (AvgIpc) is 3.49. The number of nitrogens with zero attached hydrogens (tertiary/aromatic N) is 4. The van der Waals surface area contributed by atoms with Crippen LogP contribution in [0.25, 0.3) is 0 Å². The molecule has 4 amide bonds. The van der Waals surface area contributed by atoms with Crippen LogP contribution in [0.4, 0.5) is 22.7 Å². The van der Waals surface area contributed by atoms with E-state index in [1.54, 1.807) is 0 Å². The number of hydrogen-bond donors (Lipinski definition) is 2. The van der Waals surface area contributed by atoms with Crippen molar-refractivity contribution in [2.24, 2.45) is 0 Å². The third-order valence-electron chi connectivity index (χ3n) is 7.20. The van der Waals surface area contributed by atoms with Crippen molar-refractivity contribution in [2.75, 3.05) is 23.7 Å². The molecule has 2 aromatic carbocycles. The van der Waals surface area contributed by atoms with Crippen molar-refractivity contribution in [3.8, 4) is 0 Å². The zero-order chi connectivity index (χ0) is 34.8. The van der Waals surface area contributed by atoms with Gasteiger partial charge in [-0.3, -0.25) is 49.2 Å². The molecule has 0 aromatic heterocycles. The van der Waals surface area contributed by atoms with E-state index < -0.39 is 9.85 Å². The summed E-state index contributed by atoms with van der Waals surface area (Å²) in [5.41, 5.74) is 0.811. The molecule has 0 bridgehead atoms. The first-order chi connectivity index (χ1) is 22.9. The number of rotatable bonds is 16. The molecule has 0 atom stereocenters. The zero-order valence-electron chi connectivity index (χ0n) is 25.4. The molecule has 14 nitrogen and oxygen atoms in total. The summed E-state index contributed by atoms with van der Waals surface area (Å²) in [5, 5.41) is 26.9. The first-order valence-electron chi connectivity index (χ1n) is 14.8. The number of hydrogen-bond acceptors (Lipinski definition) is 12. The van der Waals surface area contributed by atoms with Gasteiger partial charge in [-0.05, 0) is 49.9 Å². The quantitative estimate of drug-likeness (QED) is 0.0663. The SMILES string of the molecule is O=C(CCCCCN1C(=O)/C(=C2\SC(=S)N(CCCCCC(=O)Nc3ccc([N+](=O)[O-])cc3)C2=O)SC1=S)Nc1ccc([N+](=O)[O-])cc1. The first-order valence-corrected chi connectivity index (χ1v) is 17.3. The summed E-state index contributed by atoms with van der Waals surface area (Å²) >= 11 is 13.0. The fourth-order valence-electron chi connectivity index (χ4n) is 4.70. The number of thioether (sulfide) groups is 2. The summed E-state index contributed by atoms with van der Waals surface area (Å²) < 4.78 is 0.700. The van der Waals surface area contributed by atoms with Crippen LogP contribution in [0.5, 0.6) is 0 Å². The largest absolute Gasteiger partial charge is 0.326 e. The number of carbonyl (C=O) groups excluding carboxylic acids is 4. The van der Waals surface area contributed by atoms with Crippen molar-refractivity contribution in [3.05, 3.63) is 78.6 Å². The van der Waals surface area contributed by atoms with Gasteiger partial charge < -0.3 is 10.6 Å². The molecule has 252 valence electrons. The van der Waals surface area contributed by atoms with Crippen LogP contribution in [0.2, 0.25) is 0 Å². The summed E-state index contributed by atoms with van der Waals surface area (Å²) in [6, 6.07) is 11.1. The molecule has 0 radical (unpaired) electrons. The summed E-state index contributed by atoms with van der Waals surface area (Å²) in [5.74, 6) is -1.13. The Hall–Kier alpha value is -4.26. The molecule has 2 aliphatic rings. The van der Waals surface area contributed by atoms with E-state index in [2.05, 4.69) is 10.6 Å². The van der Waals surface area contributed by atoms with Gasteiger partial charge in [0.15, 0.2) is 0 Å². The van der Waals surface area contributed by atoms with Crippen LogP contribution >= 0.6 is 48.0 Å². The number of nitro groups is 2. The van der Waals surface area contributed by atoms with E-state index in [1.807, 2.05) is 0 Å². The molecule has 18 heteroatoms. The number of carbonyl (C=O) groups is 4. The minimum Gasteiger partial charge on any atom is -0.326 e. The van der Waals surface area contributed by atoms with Crippen LogP contribution in [0.3, 0.4) is 0 Å². The Bertz CT molecular complexity index is 1540. The van der Waals surface area contributed by atoms with Crippen molar-refractivity contribution in [3.63, 3.8) is 0 Å². The molecular weight excluding hydrogens is 701 g/mol. The van der Waals surface area contributed by atoms with Crippen molar-refractivity contribution < 1.29 is 29.0 Å². The Balaban J connectivity index is 1.16. The highest BCUT2D eigenvalue weighted by molar-refractivity contribution is 8.29. The monoisotopic (exact) mass is 730 g/mol. The summed E-state index contributed by atoms with van der Waals surface area (Å²) in [6.07, 6.45) is 4.12. The van der Waals surface area contributed by atoms with Gasteiger partial charge in [0.1, 0.15) is 8.64 Å². The average molecular weight is 731 g/mol. The Morgan fingerprint density at radius 1 is 0.625 bits per heavy atom. The summed E-state index contributed by atoms with van der Waals surface area (Å²) in [4.78, 5) is 74.8. The highest BCUT2D eigenvalue weighted by Gasteiger charge is 2.41. The van der Waals surface area contributed by atoms with Crippen LogP contribution in [-0.2, 0) is 19.2 Å². The van der Waals surface area contributed by atoms with Crippen LogP contribution < -0.4 is 10.6 Å². The predicted molar refractivity (Wildman–Crippen MR) is 191 cm³/mol. The summed E-state index contributed by atoms with van der Waals surface area (Å²) in [6.45, 7) is 0.687. The van der Waals surface area contributed by atoms with Gasteiger partial charge in [0.05, 0.1) is 19.7 Å². The molecule has 2 fully saturated rings. The smallest absolute Gasteiger partial charge is 0.269 e. The van der Waals surface area contributed by atoms with Crippen molar-refractivity contribution in [2.45, 2.75) is 51.4 Å². The minimum absolute atomic E-state index is 0.0634. The number of anilines is 2. The van der Waals surface area contributed by atoms with E-state index in [1.165, 1.54) is 58.3 Å². The molecule has 2 heterocycles. The van der Waals surface area contributed by atoms with Crippen LogP contribution in [-0.4, -0.2) is 65.0 Å². The first kappa shape index (κ1) is 36.6. The van der Waals surface area contributed by atoms with Crippen molar-refractivity contribution >= 4 is 103 Å². The van der Waals surface area contributed by atoms with Gasteiger partial charge in [0.2, 0.25) is 11.8 Å². The maximum Gasteiger partial charge on any atom is 0.269 e. The lowest BCUT2D eigenvalue weighted by Crippen LogP contribution is -2.31. The van der Waals surface area contributed by atoms with Crippen LogP contribution in [0, 0.1) is 20.2 Å². The van der Waals surface area contributed by atoms with E-state index >= 15 is 0 Å². The number of thiocarbonyl (C=S) groups is 2. The molecule has 2 saturated heterocycles. The van der Waals surface area contributed by atoms with E-state index in [0.29, 0.717) is 71.6 Å². The van der Waals surface area contributed by atoms with Gasteiger partial charge in [-0.2, -0.15) is 0 Å². The lowest BCUT2D eigenvalue weighted by molar-refractivity contribution is -0.385. The van der Waals surface area contributed by atoms with Crippen molar-refractivity contribution in [1.82, 2.24) is 9.80 Å².